The fraction of sp³-hybridized carbons (Fsp3) is 0.909. The van der Waals surface area contributed by atoms with Crippen molar-refractivity contribution in [3.05, 3.63) is 0 Å². The van der Waals surface area contributed by atoms with E-state index < -0.39 is 6.04 Å². The number of hydrogen-bond acceptors (Lipinski definition) is 3. The van der Waals surface area contributed by atoms with Gasteiger partial charge in [0.1, 0.15) is 0 Å². The molecule has 90 valence electrons. The van der Waals surface area contributed by atoms with Crippen LogP contribution in [-0.4, -0.2) is 43.5 Å². The van der Waals surface area contributed by atoms with Gasteiger partial charge in [0.05, 0.1) is 6.04 Å². The summed E-state index contributed by atoms with van der Waals surface area (Å²) in [6.45, 7) is 8.59. The number of nitrogens with one attached hydrogen (secondary N) is 1. The first-order chi connectivity index (χ1) is 6.66. The lowest BCUT2D eigenvalue weighted by atomic mass is 9.87. The van der Waals surface area contributed by atoms with Crippen LogP contribution < -0.4 is 11.1 Å². The summed E-state index contributed by atoms with van der Waals surface area (Å²) in [6.07, 6.45) is 0. The van der Waals surface area contributed by atoms with Crippen molar-refractivity contribution in [2.24, 2.45) is 11.1 Å². The van der Waals surface area contributed by atoms with E-state index in [1.165, 1.54) is 0 Å². The van der Waals surface area contributed by atoms with Crippen molar-refractivity contribution in [3.8, 4) is 0 Å². The molecule has 0 aliphatic carbocycles. The molecular formula is C11H25N3O. The van der Waals surface area contributed by atoms with E-state index in [2.05, 4.69) is 17.1 Å². The first kappa shape index (κ1) is 14.4. The summed E-state index contributed by atoms with van der Waals surface area (Å²) < 4.78 is 0. The maximum atomic E-state index is 11.7. The Morgan fingerprint density at radius 3 is 2.20 bits per heavy atom. The number of nitrogens with zero attached hydrogens (tertiary/aromatic N) is 1. The Bertz CT molecular complexity index is 208. The highest BCUT2D eigenvalue weighted by Gasteiger charge is 2.27. The molecule has 2 atom stereocenters. The second-order valence-electron chi connectivity index (χ2n) is 5.40. The molecule has 0 bridgehead atoms. The fourth-order valence-electron chi connectivity index (χ4n) is 0.934. The monoisotopic (exact) mass is 215 g/mol. The number of amides is 1. The van der Waals surface area contributed by atoms with E-state index in [1.54, 1.807) is 0 Å². The lowest BCUT2D eigenvalue weighted by molar-refractivity contribution is -0.124. The van der Waals surface area contributed by atoms with Gasteiger partial charge in [-0.2, -0.15) is 0 Å². The van der Waals surface area contributed by atoms with Crippen LogP contribution in [0, 0.1) is 5.41 Å². The van der Waals surface area contributed by atoms with Gasteiger partial charge >= 0.3 is 0 Å². The molecule has 0 aromatic heterocycles. The molecule has 0 aliphatic rings. The molecule has 0 spiro atoms. The second-order valence-corrected chi connectivity index (χ2v) is 5.40. The number of hydrogen-bond donors (Lipinski definition) is 2. The summed E-state index contributed by atoms with van der Waals surface area (Å²) in [5, 5.41) is 2.86. The zero-order chi connectivity index (χ0) is 12.2. The van der Waals surface area contributed by atoms with Crippen LogP contribution in [0.25, 0.3) is 0 Å². The van der Waals surface area contributed by atoms with Gasteiger partial charge in [-0.15, -0.1) is 0 Å². The van der Waals surface area contributed by atoms with Crippen LogP contribution in [0.4, 0.5) is 0 Å². The molecule has 3 N–H and O–H groups in total. The number of carbonyl (C=O) groups excluding carboxylic acids is 1. The zero-order valence-corrected chi connectivity index (χ0v) is 10.8. The topological polar surface area (TPSA) is 58.4 Å². The van der Waals surface area contributed by atoms with E-state index >= 15 is 0 Å². The van der Waals surface area contributed by atoms with Crippen molar-refractivity contribution >= 4 is 5.91 Å². The molecule has 4 nitrogen and oxygen atoms in total. The predicted octanol–water partition coefficient (Wildman–Crippen LogP) is 0.426. The lowest BCUT2D eigenvalue weighted by Crippen LogP contribution is -2.50. The minimum absolute atomic E-state index is 0.0730. The van der Waals surface area contributed by atoms with E-state index in [9.17, 15) is 4.79 Å². The van der Waals surface area contributed by atoms with Crippen LogP contribution in [-0.2, 0) is 4.79 Å². The summed E-state index contributed by atoms with van der Waals surface area (Å²) in [6, 6.07) is -0.131. The Morgan fingerprint density at radius 2 is 1.87 bits per heavy atom. The molecular weight excluding hydrogens is 190 g/mol. The predicted molar refractivity (Wildman–Crippen MR) is 63.6 cm³/mol. The van der Waals surface area contributed by atoms with E-state index in [0.717, 1.165) is 0 Å². The molecule has 0 aromatic rings. The number of carbonyl (C=O) groups is 1. The average molecular weight is 215 g/mol. The van der Waals surface area contributed by atoms with Crippen LogP contribution in [0.3, 0.4) is 0 Å². The third kappa shape index (κ3) is 5.14. The molecule has 0 rings (SSSR count). The van der Waals surface area contributed by atoms with Gasteiger partial charge in [0.15, 0.2) is 0 Å². The van der Waals surface area contributed by atoms with Gasteiger partial charge in [0.25, 0.3) is 0 Å². The van der Waals surface area contributed by atoms with E-state index in [0.29, 0.717) is 12.6 Å². The first-order valence-electron chi connectivity index (χ1n) is 5.36. The molecule has 0 saturated heterocycles. The molecule has 4 heteroatoms. The summed E-state index contributed by atoms with van der Waals surface area (Å²) in [7, 11) is 3.97. The highest BCUT2D eigenvalue weighted by atomic mass is 16.2. The third-order valence-corrected chi connectivity index (χ3v) is 2.67. The molecule has 0 saturated carbocycles. The molecule has 0 heterocycles. The fourth-order valence-corrected chi connectivity index (χ4v) is 0.934. The van der Waals surface area contributed by atoms with Gasteiger partial charge in [-0.1, -0.05) is 20.8 Å². The molecule has 0 aromatic carbocycles. The summed E-state index contributed by atoms with van der Waals surface area (Å²) in [4.78, 5) is 13.7. The maximum Gasteiger partial charge on any atom is 0.237 e. The Kier molecular flexibility index (Phi) is 5.24. The van der Waals surface area contributed by atoms with Gasteiger partial charge in [-0.3, -0.25) is 4.79 Å². The Morgan fingerprint density at radius 1 is 1.40 bits per heavy atom. The first-order valence-corrected chi connectivity index (χ1v) is 5.36. The lowest BCUT2D eigenvalue weighted by Gasteiger charge is -2.27. The van der Waals surface area contributed by atoms with Gasteiger partial charge in [-0.25, -0.2) is 0 Å². The minimum Gasteiger partial charge on any atom is -0.353 e. The highest BCUT2D eigenvalue weighted by Crippen LogP contribution is 2.17. The maximum absolute atomic E-state index is 11.7. The molecule has 0 radical (unpaired) electrons. The largest absolute Gasteiger partial charge is 0.353 e. The van der Waals surface area contributed by atoms with Crippen LogP contribution in [0.1, 0.15) is 27.7 Å². The normalized spacial score (nSPS) is 16.3. The molecule has 0 aliphatic heterocycles. The molecule has 0 fully saturated rings. The molecule has 1 unspecified atom stereocenters. The summed E-state index contributed by atoms with van der Waals surface area (Å²) in [5.41, 5.74) is 5.64. The highest BCUT2D eigenvalue weighted by molar-refractivity contribution is 5.82. The quantitative estimate of drug-likeness (QED) is 0.715. The van der Waals surface area contributed by atoms with Gasteiger partial charge in [-0.05, 0) is 26.4 Å². The Labute approximate surface area is 93.2 Å². The van der Waals surface area contributed by atoms with Crippen molar-refractivity contribution in [2.75, 3.05) is 20.6 Å². The summed E-state index contributed by atoms with van der Waals surface area (Å²) >= 11 is 0. The van der Waals surface area contributed by atoms with Crippen molar-refractivity contribution in [2.45, 2.75) is 39.8 Å². The van der Waals surface area contributed by atoms with Crippen LogP contribution in [0.5, 0.6) is 0 Å². The van der Waals surface area contributed by atoms with Gasteiger partial charge in [0, 0.05) is 12.6 Å². The van der Waals surface area contributed by atoms with Crippen LogP contribution in [0.2, 0.25) is 0 Å². The van der Waals surface area contributed by atoms with Crippen LogP contribution in [0.15, 0.2) is 0 Å². The average Bonchev–Trinajstić information content (AvgIpc) is 2.10. The second kappa shape index (κ2) is 5.47. The van der Waals surface area contributed by atoms with E-state index in [1.807, 2.05) is 34.9 Å². The minimum atomic E-state index is -0.452. The number of rotatable bonds is 4. The zero-order valence-electron chi connectivity index (χ0n) is 10.8. The van der Waals surface area contributed by atoms with Crippen molar-refractivity contribution in [1.82, 2.24) is 10.2 Å². The van der Waals surface area contributed by atoms with E-state index in [4.69, 9.17) is 5.73 Å². The SMILES string of the molecule is CC(CNC(=O)[C@@H](N)C(C)(C)C)N(C)C. The van der Waals surface area contributed by atoms with Crippen molar-refractivity contribution in [1.29, 1.82) is 0 Å². The third-order valence-electron chi connectivity index (χ3n) is 2.67. The Balaban J connectivity index is 4.05. The number of nitrogens with two attached hydrogens (primary N) is 1. The van der Waals surface area contributed by atoms with Crippen molar-refractivity contribution in [3.63, 3.8) is 0 Å². The molecule has 15 heavy (non-hydrogen) atoms. The van der Waals surface area contributed by atoms with Crippen LogP contribution >= 0.6 is 0 Å². The Hall–Kier alpha value is -0.610. The molecule has 1 amide bonds. The van der Waals surface area contributed by atoms with Gasteiger partial charge < -0.3 is 16.0 Å². The van der Waals surface area contributed by atoms with E-state index in [-0.39, 0.29) is 11.3 Å². The van der Waals surface area contributed by atoms with Gasteiger partial charge in [0.2, 0.25) is 5.91 Å². The van der Waals surface area contributed by atoms with Crippen molar-refractivity contribution < 1.29 is 4.79 Å². The smallest absolute Gasteiger partial charge is 0.237 e. The number of likely N-dealkylation sites (N-methyl/N-ethyl adjacent to an activating group) is 1. The standard InChI is InChI=1S/C11H25N3O/c1-8(14(5)6)7-13-10(15)9(12)11(2,3)4/h8-9H,7,12H2,1-6H3,(H,13,15)/t8?,9-/m1/s1. The summed E-state index contributed by atoms with van der Waals surface area (Å²) in [5.74, 6) is -0.0730.